The Kier molecular flexibility index (Phi) is 4.17. The zero-order chi connectivity index (χ0) is 14.0. The van der Waals surface area contributed by atoms with Crippen LogP contribution < -0.4 is 5.73 Å². The predicted octanol–water partition coefficient (Wildman–Crippen LogP) is 2.32. The Labute approximate surface area is 113 Å². The lowest BCUT2D eigenvalue weighted by Gasteiger charge is -2.25. The number of hydrogen-bond donors (Lipinski definition) is 1. The van der Waals surface area contributed by atoms with E-state index in [1.165, 1.54) is 0 Å². The van der Waals surface area contributed by atoms with Crippen molar-refractivity contribution in [2.45, 2.75) is 32.4 Å². The summed E-state index contributed by atoms with van der Waals surface area (Å²) >= 11 is 0. The van der Waals surface area contributed by atoms with Crippen LogP contribution >= 0.6 is 0 Å². The van der Waals surface area contributed by atoms with Crippen molar-refractivity contribution in [1.29, 1.82) is 0 Å². The van der Waals surface area contributed by atoms with Crippen LogP contribution in [0.15, 0.2) is 24.3 Å². The average molecular weight is 263 g/mol. The van der Waals surface area contributed by atoms with E-state index in [0.717, 1.165) is 25.1 Å². The number of likely N-dealkylation sites (tertiary alicyclic amines) is 1. The van der Waals surface area contributed by atoms with Gasteiger partial charge in [0.25, 0.3) is 5.69 Å². The summed E-state index contributed by atoms with van der Waals surface area (Å²) in [5.74, 6) is 0.491. The molecule has 0 aromatic heterocycles. The van der Waals surface area contributed by atoms with E-state index < -0.39 is 0 Å². The molecule has 1 aromatic carbocycles. The normalized spacial score (nSPS) is 23.2. The third-order valence-corrected chi connectivity index (χ3v) is 4.13. The highest BCUT2D eigenvalue weighted by molar-refractivity contribution is 5.41. The van der Waals surface area contributed by atoms with Gasteiger partial charge in [-0.3, -0.25) is 15.0 Å². The number of nitrogens with two attached hydrogens (primary N) is 1. The number of nitro groups is 1. The summed E-state index contributed by atoms with van der Waals surface area (Å²) in [5.41, 5.74) is 6.94. The highest BCUT2D eigenvalue weighted by Crippen LogP contribution is 2.32. The van der Waals surface area contributed by atoms with Gasteiger partial charge in [-0.25, -0.2) is 0 Å². The minimum atomic E-state index is -0.301. The molecular weight excluding hydrogens is 242 g/mol. The molecule has 0 aliphatic carbocycles. The first kappa shape index (κ1) is 14.0. The van der Waals surface area contributed by atoms with Gasteiger partial charge in [0.05, 0.1) is 4.92 Å². The Hall–Kier alpha value is -1.46. The Morgan fingerprint density at radius 1 is 1.42 bits per heavy atom. The fourth-order valence-electron chi connectivity index (χ4n) is 2.80. The van der Waals surface area contributed by atoms with Crippen molar-refractivity contribution in [3.8, 4) is 0 Å². The summed E-state index contributed by atoms with van der Waals surface area (Å²) in [4.78, 5) is 13.1. The molecule has 5 nitrogen and oxygen atoms in total. The zero-order valence-corrected chi connectivity index (χ0v) is 11.5. The minimum absolute atomic E-state index is 0.0605. The highest BCUT2D eigenvalue weighted by atomic mass is 16.6. The molecule has 0 amide bonds. The summed E-state index contributed by atoms with van der Waals surface area (Å²) in [6, 6.07) is 7.24. The van der Waals surface area contributed by atoms with Crippen molar-refractivity contribution < 1.29 is 4.92 Å². The number of rotatable bonds is 4. The van der Waals surface area contributed by atoms with E-state index in [1.807, 2.05) is 26.0 Å². The van der Waals surface area contributed by atoms with Crippen molar-refractivity contribution in [2.24, 2.45) is 11.7 Å². The highest BCUT2D eigenvalue weighted by Gasteiger charge is 2.31. The number of nitro benzene ring substituents is 1. The van der Waals surface area contributed by atoms with Crippen molar-refractivity contribution in [1.82, 2.24) is 4.90 Å². The van der Waals surface area contributed by atoms with E-state index in [9.17, 15) is 10.1 Å². The number of benzene rings is 1. The van der Waals surface area contributed by atoms with Crippen LogP contribution in [0.2, 0.25) is 0 Å². The van der Waals surface area contributed by atoms with E-state index in [4.69, 9.17) is 5.73 Å². The fraction of sp³-hybridized carbons (Fsp3) is 0.571. The molecule has 1 heterocycles. The van der Waals surface area contributed by atoms with Gasteiger partial charge in [0.15, 0.2) is 0 Å². The molecule has 0 bridgehead atoms. The molecule has 0 radical (unpaired) electrons. The third-order valence-electron chi connectivity index (χ3n) is 4.13. The van der Waals surface area contributed by atoms with Crippen LogP contribution in [0, 0.1) is 16.0 Å². The van der Waals surface area contributed by atoms with Gasteiger partial charge in [-0.05, 0) is 32.7 Å². The van der Waals surface area contributed by atoms with Crippen molar-refractivity contribution in [2.75, 3.05) is 13.1 Å². The van der Waals surface area contributed by atoms with Crippen LogP contribution in [0.1, 0.15) is 31.9 Å². The molecule has 1 aromatic rings. The Balaban J connectivity index is 2.17. The summed E-state index contributed by atoms with van der Waals surface area (Å²) in [7, 11) is 0. The van der Waals surface area contributed by atoms with Gasteiger partial charge in [-0.1, -0.05) is 18.2 Å². The molecule has 3 atom stereocenters. The standard InChI is InChI=1S/C14H21N3O2/c1-10(15)12-7-8-16(9-12)11(2)13-5-3-4-6-14(13)17(18)19/h3-6,10-12H,7-9,15H2,1-2H3. The molecular formula is C14H21N3O2. The van der Waals surface area contributed by atoms with Gasteiger partial charge in [0.1, 0.15) is 0 Å². The van der Waals surface area contributed by atoms with Crippen LogP contribution in [0.3, 0.4) is 0 Å². The van der Waals surface area contributed by atoms with E-state index in [-0.39, 0.29) is 22.7 Å². The van der Waals surface area contributed by atoms with Crippen LogP contribution in [-0.2, 0) is 0 Å². The van der Waals surface area contributed by atoms with Gasteiger partial charge in [0.2, 0.25) is 0 Å². The monoisotopic (exact) mass is 263 g/mol. The van der Waals surface area contributed by atoms with Crippen molar-refractivity contribution in [3.63, 3.8) is 0 Å². The van der Waals surface area contributed by atoms with E-state index >= 15 is 0 Å². The Bertz CT molecular complexity index is 462. The van der Waals surface area contributed by atoms with Crippen LogP contribution in [0.25, 0.3) is 0 Å². The topological polar surface area (TPSA) is 72.4 Å². The lowest BCUT2D eigenvalue weighted by atomic mass is 10.0. The maximum absolute atomic E-state index is 11.1. The molecule has 3 unspecified atom stereocenters. The van der Waals surface area contributed by atoms with Gasteiger partial charge in [-0.15, -0.1) is 0 Å². The van der Waals surface area contributed by atoms with Gasteiger partial charge < -0.3 is 5.73 Å². The molecule has 2 rings (SSSR count). The quantitative estimate of drug-likeness (QED) is 0.668. The first-order valence-electron chi connectivity index (χ1n) is 6.73. The predicted molar refractivity (Wildman–Crippen MR) is 74.8 cm³/mol. The zero-order valence-electron chi connectivity index (χ0n) is 11.5. The summed E-state index contributed by atoms with van der Waals surface area (Å²) < 4.78 is 0. The molecule has 0 spiro atoms. The molecule has 5 heteroatoms. The number of nitrogens with zero attached hydrogens (tertiary/aromatic N) is 2. The Morgan fingerprint density at radius 2 is 2.11 bits per heavy atom. The Morgan fingerprint density at radius 3 is 2.68 bits per heavy atom. The molecule has 1 aliphatic rings. The average Bonchev–Trinajstić information content (AvgIpc) is 2.87. The summed E-state index contributed by atoms with van der Waals surface area (Å²) in [6.07, 6.45) is 1.07. The summed E-state index contributed by atoms with van der Waals surface area (Å²) in [6.45, 7) is 5.94. The molecule has 104 valence electrons. The van der Waals surface area contributed by atoms with E-state index in [2.05, 4.69) is 4.90 Å². The third kappa shape index (κ3) is 2.93. The largest absolute Gasteiger partial charge is 0.328 e. The van der Waals surface area contributed by atoms with E-state index in [1.54, 1.807) is 12.1 Å². The maximum atomic E-state index is 11.1. The number of para-hydroxylation sites is 1. The molecule has 2 N–H and O–H groups in total. The smallest absolute Gasteiger partial charge is 0.274 e. The van der Waals surface area contributed by atoms with Gasteiger partial charge in [-0.2, -0.15) is 0 Å². The summed E-state index contributed by atoms with van der Waals surface area (Å²) in [5, 5.41) is 11.1. The number of hydrogen-bond acceptors (Lipinski definition) is 4. The minimum Gasteiger partial charge on any atom is -0.328 e. The van der Waals surface area contributed by atoms with Crippen LogP contribution in [0.4, 0.5) is 5.69 Å². The molecule has 19 heavy (non-hydrogen) atoms. The molecule has 1 fully saturated rings. The second-order valence-electron chi connectivity index (χ2n) is 5.39. The van der Waals surface area contributed by atoms with Gasteiger partial charge >= 0.3 is 0 Å². The lowest BCUT2D eigenvalue weighted by Crippen LogP contribution is -2.31. The maximum Gasteiger partial charge on any atom is 0.274 e. The lowest BCUT2D eigenvalue weighted by molar-refractivity contribution is -0.385. The first-order valence-corrected chi connectivity index (χ1v) is 6.73. The van der Waals surface area contributed by atoms with Crippen molar-refractivity contribution in [3.05, 3.63) is 39.9 Å². The van der Waals surface area contributed by atoms with Crippen LogP contribution in [-0.4, -0.2) is 29.0 Å². The van der Waals surface area contributed by atoms with Gasteiger partial charge in [0, 0.05) is 30.3 Å². The molecule has 1 saturated heterocycles. The van der Waals surface area contributed by atoms with E-state index in [0.29, 0.717) is 5.92 Å². The van der Waals surface area contributed by atoms with Crippen molar-refractivity contribution >= 4 is 5.69 Å². The second kappa shape index (κ2) is 5.67. The molecule has 0 saturated carbocycles. The van der Waals surface area contributed by atoms with Crippen LogP contribution in [0.5, 0.6) is 0 Å². The SMILES string of the molecule is CC(N)C1CCN(C(C)c2ccccc2[N+](=O)[O-])C1. The second-order valence-corrected chi connectivity index (χ2v) is 5.39. The molecule has 1 aliphatic heterocycles. The first-order chi connectivity index (χ1) is 9.00. The fourth-order valence-corrected chi connectivity index (χ4v) is 2.80.